The van der Waals surface area contributed by atoms with Crippen molar-refractivity contribution in [1.82, 2.24) is 5.32 Å². The molecular weight excluding hydrogens is 252 g/mol. The summed E-state index contributed by atoms with van der Waals surface area (Å²) < 4.78 is 5.59. The molecule has 1 aliphatic heterocycles. The summed E-state index contributed by atoms with van der Waals surface area (Å²) in [4.78, 5) is 2.32. The molecule has 4 heteroatoms. The number of rotatable bonds is 5. The molecule has 110 valence electrons. The third kappa shape index (κ3) is 3.32. The van der Waals surface area contributed by atoms with E-state index in [2.05, 4.69) is 41.4 Å². The number of hydrogen-bond acceptors (Lipinski definition) is 4. The lowest BCUT2D eigenvalue weighted by molar-refractivity contribution is -0.0103. The van der Waals surface area contributed by atoms with Crippen LogP contribution in [0.5, 0.6) is 0 Å². The molecule has 0 spiro atoms. The third-order valence-electron chi connectivity index (χ3n) is 4.15. The van der Waals surface area contributed by atoms with Crippen LogP contribution in [0.1, 0.15) is 25.3 Å². The standard InChI is InChI=1S/C16H24N2O2/c1-12-11-20-16(10-19)9-18(12)15-6-2-13(3-7-15)8-17-14-4-5-14/h2-3,6-7,12,14,16-17,19H,4-5,8-11H2,1H3. The first-order valence-electron chi connectivity index (χ1n) is 7.57. The predicted octanol–water partition coefficient (Wildman–Crippen LogP) is 1.52. The molecular formula is C16H24N2O2. The fraction of sp³-hybridized carbons (Fsp3) is 0.625. The maximum absolute atomic E-state index is 9.25. The fourth-order valence-electron chi connectivity index (χ4n) is 2.64. The van der Waals surface area contributed by atoms with Gasteiger partial charge in [-0.2, -0.15) is 0 Å². The minimum atomic E-state index is -0.0672. The molecule has 2 atom stereocenters. The number of aliphatic hydroxyl groups is 1. The SMILES string of the molecule is CC1COC(CO)CN1c1ccc(CNC2CC2)cc1. The normalized spacial score (nSPS) is 26.8. The third-order valence-corrected chi connectivity index (χ3v) is 4.15. The summed E-state index contributed by atoms with van der Waals surface area (Å²) in [6, 6.07) is 9.86. The summed E-state index contributed by atoms with van der Waals surface area (Å²) in [7, 11) is 0. The van der Waals surface area contributed by atoms with Gasteiger partial charge in [0.25, 0.3) is 0 Å². The molecule has 2 N–H and O–H groups in total. The van der Waals surface area contributed by atoms with E-state index in [1.807, 2.05) is 0 Å². The number of nitrogens with zero attached hydrogens (tertiary/aromatic N) is 1. The quantitative estimate of drug-likeness (QED) is 0.856. The number of anilines is 1. The second-order valence-electron chi connectivity index (χ2n) is 5.96. The Hall–Kier alpha value is -1.10. The highest BCUT2D eigenvalue weighted by Gasteiger charge is 2.25. The highest BCUT2D eigenvalue weighted by Crippen LogP contribution is 2.23. The van der Waals surface area contributed by atoms with Gasteiger partial charge < -0.3 is 20.1 Å². The van der Waals surface area contributed by atoms with Crippen molar-refractivity contribution in [2.45, 2.75) is 44.5 Å². The van der Waals surface area contributed by atoms with Crippen molar-refractivity contribution >= 4 is 5.69 Å². The molecule has 0 aromatic heterocycles. The molecule has 2 aliphatic rings. The Morgan fingerprint density at radius 2 is 2.05 bits per heavy atom. The Morgan fingerprint density at radius 3 is 2.70 bits per heavy atom. The van der Waals surface area contributed by atoms with E-state index in [0.29, 0.717) is 12.6 Å². The molecule has 1 saturated heterocycles. The van der Waals surface area contributed by atoms with E-state index in [1.165, 1.54) is 24.1 Å². The van der Waals surface area contributed by atoms with Gasteiger partial charge in [0.2, 0.25) is 0 Å². The first-order chi connectivity index (χ1) is 9.76. The molecule has 1 aliphatic carbocycles. The summed E-state index contributed by atoms with van der Waals surface area (Å²) in [5.74, 6) is 0. The lowest BCUT2D eigenvalue weighted by atomic mass is 10.1. The number of ether oxygens (including phenoxy) is 1. The molecule has 0 bridgehead atoms. The van der Waals surface area contributed by atoms with Gasteiger partial charge in [-0.25, -0.2) is 0 Å². The minimum Gasteiger partial charge on any atom is -0.394 e. The topological polar surface area (TPSA) is 44.7 Å². The molecule has 4 nitrogen and oxygen atoms in total. The van der Waals surface area contributed by atoms with E-state index in [-0.39, 0.29) is 12.7 Å². The van der Waals surface area contributed by atoms with Crippen LogP contribution in [-0.4, -0.2) is 43.1 Å². The van der Waals surface area contributed by atoms with E-state index < -0.39 is 0 Å². The molecule has 20 heavy (non-hydrogen) atoms. The van der Waals surface area contributed by atoms with Crippen molar-refractivity contribution < 1.29 is 9.84 Å². The molecule has 1 aromatic rings. The monoisotopic (exact) mass is 276 g/mol. The van der Waals surface area contributed by atoms with Crippen molar-refractivity contribution in [3.63, 3.8) is 0 Å². The Kier molecular flexibility index (Phi) is 4.24. The molecule has 1 saturated carbocycles. The van der Waals surface area contributed by atoms with Crippen molar-refractivity contribution in [3.8, 4) is 0 Å². The average molecular weight is 276 g/mol. The fourth-order valence-corrected chi connectivity index (χ4v) is 2.64. The lowest BCUT2D eigenvalue weighted by Gasteiger charge is -2.39. The maximum Gasteiger partial charge on any atom is 0.0981 e. The van der Waals surface area contributed by atoms with Gasteiger partial charge >= 0.3 is 0 Å². The Morgan fingerprint density at radius 1 is 1.30 bits per heavy atom. The summed E-state index contributed by atoms with van der Waals surface area (Å²) in [6.45, 7) is 4.65. The molecule has 1 heterocycles. The van der Waals surface area contributed by atoms with Crippen LogP contribution in [0.2, 0.25) is 0 Å². The van der Waals surface area contributed by atoms with Crippen LogP contribution >= 0.6 is 0 Å². The van der Waals surface area contributed by atoms with E-state index in [4.69, 9.17) is 4.74 Å². The zero-order chi connectivity index (χ0) is 13.9. The molecule has 3 rings (SSSR count). The van der Waals surface area contributed by atoms with Crippen molar-refractivity contribution in [2.75, 3.05) is 24.7 Å². The highest BCUT2D eigenvalue weighted by molar-refractivity contribution is 5.49. The van der Waals surface area contributed by atoms with Gasteiger partial charge in [-0.15, -0.1) is 0 Å². The Bertz CT molecular complexity index is 431. The summed E-state index contributed by atoms with van der Waals surface area (Å²) >= 11 is 0. The first kappa shape index (κ1) is 13.9. The lowest BCUT2D eigenvalue weighted by Crippen LogP contribution is -2.49. The zero-order valence-corrected chi connectivity index (χ0v) is 12.1. The predicted molar refractivity (Wildman–Crippen MR) is 79.9 cm³/mol. The minimum absolute atomic E-state index is 0.0672. The largest absolute Gasteiger partial charge is 0.394 e. The molecule has 0 amide bonds. The molecule has 2 fully saturated rings. The number of aliphatic hydroxyl groups excluding tert-OH is 1. The Labute approximate surface area is 120 Å². The zero-order valence-electron chi connectivity index (χ0n) is 12.1. The smallest absolute Gasteiger partial charge is 0.0981 e. The van der Waals surface area contributed by atoms with Crippen molar-refractivity contribution in [3.05, 3.63) is 29.8 Å². The summed E-state index contributed by atoms with van der Waals surface area (Å²) in [6.07, 6.45) is 2.58. The van der Waals surface area contributed by atoms with Crippen LogP contribution in [0.3, 0.4) is 0 Å². The van der Waals surface area contributed by atoms with Gasteiger partial charge in [0, 0.05) is 30.9 Å². The van der Waals surface area contributed by atoms with Crippen LogP contribution in [0.4, 0.5) is 5.69 Å². The van der Waals surface area contributed by atoms with Crippen LogP contribution in [-0.2, 0) is 11.3 Å². The van der Waals surface area contributed by atoms with Crippen LogP contribution in [0.25, 0.3) is 0 Å². The maximum atomic E-state index is 9.25. The van der Waals surface area contributed by atoms with Crippen LogP contribution < -0.4 is 10.2 Å². The van der Waals surface area contributed by atoms with Gasteiger partial charge in [0.1, 0.15) is 0 Å². The second kappa shape index (κ2) is 6.12. The van der Waals surface area contributed by atoms with Gasteiger partial charge in [-0.1, -0.05) is 12.1 Å². The number of nitrogens with one attached hydrogen (secondary N) is 1. The van der Waals surface area contributed by atoms with Gasteiger partial charge in [0.05, 0.1) is 19.3 Å². The van der Waals surface area contributed by atoms with Gasteiger partial charge in [-0.3, -0.25) is 0 Å². The van der Waals surface area contributed by atoms with E-state index >= 15 is 0 Å². The summed E-state index contributed by atoms with van der Waals surface area (Å²) in [5.41, 5.74) is 2.55. The summed E-state index contributed by atoms with van der Waals surface area (Å²) in [5, 5.41) is 12.8. The van der Waals surface area contributed by atoms with Gasteiger partial charge in [0.15, 0.2) is 0 Å². The molecule has 1 aromatic carbocycles. The number of hydrogen-bond donors (Lipinski definition) is 2. The number of morpholine rings is 1. The van der Waals surface area contributed by atoms with E-state index in [0.717, 1.165) is 19.1 Å². The highest BCUT2D eigenvalue weighted by atomic mass is 16.5. The molecule has 0 radical (unpaired) electrons. The van der Waals surface area contributed by atoms with Crippen molar-refractivity contribution in [1.29, 1.82) is 0 Å². The van der Waals surface area contributed by atoms with Crippen LogP contribution in [0.15, 0.2) is 24.3 Å². The van der Waals surface area contributed by atoms with E-state index in [1.54, 1.807) is 0 Å². The van der Waals surface area contributed by atoms with Crippen LogP contribution in [0, 0.1) is 0 Å². The number of benzene rings is 1. The van der Waals surface area contributed by atoms with Gasteiger partial charge in [-0.05, 0) is 37.5 Å². The Balaban J connectivity index is 1.62. The van der Waals surface area contributed by atoms with Crippen molar-refractivity contribution in [2.24, 2.45) is 0 Å². The first-order valence-corrected chi connectivity index (χ1v) is 7.57. The second-order valence-corrected chi connectivity index (χ2v) is 5.96. The molecule has 2 unspecified atom stereocenters. The average Bonchev–Trinajstić information content (AvgIpc) is 3.31. The van der Waals surface area contributed by atoms with E-state index in [9.17, 15) is 5.11 Å².